The minimum Gasteiger partial charge on any atom is -0.478 e. The second kappa shape index (κ2) is 7.73. The maximum atomic E-state index is 16.3. The fourth-order valence-corrected chi connectivity index (χ4v) is 3.02. The quantitative estimate of drug-likeness (QED) is 0.532. The zero-order valence-corrected chi connectivity index (χ0v) is 15.1. The van der Waals surface area contributed by atoms with E-state index in [1.807, 2.05) is 0 Å². The van der Waals surface area contributed by atoms with Gasteiger partial charge < -0.3 is 10.2 Å². The van der Waals surface area contributed by atoms with E-state index in [-0.39, 0.29) is 0 Å². The molecule has 0 bridgehead atoms. The molecule has 0 aliphatic heterocycles. The van der Waals surface area contributed by atoms with Crippen LogP contribution in [0.25, 0.3) is 0 Å². The van der Waals surface area contributed by atoms with Crippen molar-refractivity contribution >= 4 is 11.9 Å². The molecular formula is C21H10F6O4. The van der Waals surface area contributed by atoms with Gasteiger partial charge in [-0.05, 0) is 12.1 Å². The molecule has 31 heavy (non-hydrogen) atoms. The summed E-state index contributed by atoms with van der Waals surface area (Å²) in [5, 5.41) is 18.4. The van der Waals surface area contributed by atoms with Gasteiger partial charge in [-0.3, -0.25) is 0 Å². The van der Waals surface area contributed by atoms with Crippen LogP contribution in [0.1, 0.15) is 43.0 Å². The van der Waals surface area contributed by atoms with E-state index >= 15 is 4.39 Å². The summed E-state index contributed by atoms with van der Waals surface area (Å²) < 4.78 is 85.8. The van der Waals surface area contributed by atoms with E-state index < -0.39 is 63.1 Å². The molecule has 0 aliphatic rings. The predicted molar refractivity (Wildman–Crippen MR) is 95.6 cm³/mol. The maximum absolute atomic E-state index is 16.3. The highest BCUT2D eigenvalue weighted by molar-refractivity contribution is 5.92. The summed E-state index contributed by atoms with van der Waals surface area (Å²) >= 11 is 0. The van der Waals surface area contributed by atoms with Crippen molar-refractivity contribution in [3.8, 4) is 24.7 Å². The number of alkyl halides is 6. The summed E-state index contributed by atoms with van der Waals surface area (Å²) in [4.78, 5) is 22.7. The average molecular weight is 440 g/mol. The fourth-order valence-electron chi connectivity index (χ4n) is 3.02. The number of benzene rings is 2. The standard InChI is InChI=1S/C21H10F6O4/c1-3-11-13(17(28)29)7-5-9-15(11)19(22,20(23,24)21(25,26)27)16-10-6-8-14(18(30)31)12(16)4-2/h1-2,5-10H,(H,28,29)(H,30,31). The molecule has 2 rings (SSSR count). The van der Waals surface area contributed by atoms with Crippen LogP contribution < -0.4 is 0 Å². The molecule has 0 amide bonds. The summed E-state index contributed by atoms with van der Waals surface area (Å²) in [6.07, 6.45) is 3.75. The number of halogens is 6. The van der Waals surface area contributed by atoms with Gasteiger partial charge in [0, 0.05) is 22.3 Å². The van der Waals surface area contributed by atoms with Crippen LogP contribution in [0, 0.1) is 24.7 Å². The van der Waals surface area contributed by atoms with E-state index in [0.29, 0.717) is 12.1 Å². The Morgan fingerprint density at radius 3 is 1.35 bits per heavy atom. The van der Waals surface area contributed by atoms with Crippen molar-refractivity contribution < 1.29 is 46.1 Å². The van der Waals surface area contributed by atoms with Crippen LogP contribution in [0.15, 0.2) is 36.4 Å². The first kappa shape index (κ1) is 23.4. The van der Waals surface area contributed by atoms with E-state index in [1.165, 1.54) is 0 Å². The Kier molecular flexibility index (Phi) is 5.82. The summed E-state index contributed by atoms with van der Waals surface area (Å²) in [6.45, 7) is 0. The minimum absolute atomic E-state index is 0.453. The third kappa shape index (κ3) is 3.46. The van der Waals surface area contributed by atoms with Gasteiger partial charge in [0.05, 0.1) is 11.1 Å². The number of carboxylic acids is 2. The highest BCUT2D eigenvalue weighted by Gasteiger charge is 2.73. The molecule has 2 N–H and O–H groups in total. The van der Waals surface area contributed by atoms with Gasteiger partial charge in [-0.1, -0.05) is 36.1 Å². The molecule has 0 saturated carbocycles. The Hall–Kier alpha value is -3.92. The van der Waals surface area contributed by atoms with Crippen molar-refractivity contribution in [1.29, 1.82) is 0 Å². The number of hydrogen-bond acceptors (Lipinski definition) is 2. The minimum atomic E-state index is -6.50. The van der Waals surface area contributed by atoms with E-state index in [1.54, 1.807) is 11.8 Å². The molecule has 0 spiro atoms. The second-order valence-electron chi connectivity index (χ2n) is 6.09. The van der Waals surface area contributed by atoms with Crippen molar-refractivity contribution in [2.45, 2.75) is 17.8 Å². The Morgan fingerprint density at radius 1 is 0.742 bits per heavy atom. The lowest BCUT2D eigenvalue weighted by atomic mass is 9.76. The third-order valence-electron chi connectivity index (χ3n) is 4.41. The fraction of sp³-hybridized carbons (Fsp3) is 0.143. The first-order valence-corrected chi connectivity index (χ1v) is 8.05. The van der Waals surface area contributed by atoms with Crippen LogP contribution in [0.2, 0.25) is 0 Å². The van der Waals surface area contributed by atoms with Crippen molar-refractivity contribution in [3.05, 3.63) is 69.8 Å². The number of hydrogen-bond donors (Lipinski definition) is 2. The largest absolute Gasteiger partial charge is 0.478 e. The number of rotatable bonds is 5. The molecular weight excluding hydrogens is 430 g/mol. The lowest BCUT2D eigenvalue weighted by Crippen LogP contribution is -2.53. The molecule has 0 saturated heterocycles. The SMILES string of the molecule is C#Cc1c(C(=O)O)cccc1C(F)(c1cccc(C(=O)O)c1C#C)C(F)(F)C(F)(F)F. The van der Waals surface area contributed by atoms with Crippen LogP contribution in [0.4, 0.5) is 26.3 Å². The van der Waals surface area contributed by atoms with E-state index in [4.69, 9.17) is 12.8 Å². The zero-order chi connectivity index (χ0) is 23.8. The zero-order valence-electron chi connectivity index (χ0n) is 15.1. The van der Waals surface area contributed by atoms with Crippen LogP contribution in [0.5, 0.6) is 0 Å². The van der Waals surface area contributed by atoms with Crippen LogP contribution in [-0.2, 0) is 5.67 Å². The number of carboxylic acid groups (broad SMARTS) is 2. The molecule has 0 fully saturated rings. The topological polar surface area (TPSA) is 74.6 Å². The smallest absolute Gasteiger partial charge is 0.457 e. The predicted octanol–water partition coefficient (Wildman–Crippen LogP) is 4.46. The maximum Gasteiger partial charge on any atom is 0.457 e. The molecule has 160 valence electrons. The molecule has 0 aromatic heterocycles. The van der Waals surface area contributed by atoms with Crippen molar-refractivity contribution in [3.63, 3.8) is 0 Å². The molecule has 0 unspecified atom stereocenters. The average Bonchev–Trinajstić information content (AvgIpc) is 2.70. The second-order valence-corrected chi connectivity index (χ2v) is 6.09. The molecule has 2 aromatic rings. The van der Waals surface area contributed by atoms with Crippen LogP contribution >= 0.6 is 0 Å². The van der Waals surface area contributed by atoms with Gasteiger partial charge in [-0.15, -0.1) is 12.8 Å². The van der Waals surface area contributed by atoms with Gasteiger partial charge in [0.15, 0.2) is 0 Å². The first-order chi connectivity index (χ1) is 14.3. The first-order valence-electron chi connectivity index (χ1n) is 8.05. The van der Waals surface area contributed by atoms with Gasteiger partial charge in [0.1, 0.15) is 0 Å². The Balaban J connectivity index is 3.16. The molecule has 0 radical (unpaired) electrons. The van der Waals surface area contributed by atoms with Gasteiger partial charge in [0.25, 0.3) is 0 Å². The third-order valence-corrected chi connectivity index (χ3v) is 4.41. The lowest BCUT2D eigenvalue weighted by Gasteiger charge is -2.37. The van der Waals surface area contributed by atoms with Crippen molar-refractivity contribution in [1.82, 2.24) is 0 Å². The van der Waals surface area contributed by atoms with Crippen LogP contribution in [0.3, 0.4) is 0 Å². The molecule has 10 heteroatoms. The summed E-state index contributed by atoms with van der Waals surface area (Å²) in [7, 11) is 0. The number of carbonyl (C=O) groups is 2. The Bertz CT molecular complexity index is 1080. The van der Waals surface area contributed by atoms with Gasteiger partial charge >= 0.3 is 24.0 Å². The van der Waals surface area contributed by atoms with Gasteiger partial charge in [-0.25, -0.2) is 14.0 Å². The molecule has 0 heterocycles. The normalized spacial score (nSPS) is 12.0. The van der Waals surface area contributed by atoms with E-state index in [9.17, 15) is 41.8 Å². The Morgan fingerprint density at radius 2 is 1.10 bits per heavy atom. The van der Waals surface area contributed by atoms with Gasteiger partial charge in [0.2, 0.25) is 5.67 Å². The molecule has 4 nitrogen and oxygen atoms in total. The number of aromatic carboxylic acids is 2. The highest BCUT2D eigenvalue weighted by atomic mass is 19.4. The monoisotopic (exact) mass is 440 g/mol. The summed E-state index contributed by atoms with van der Waals surface area (Å²) in [6, 6.07) is 3.91. The summed E-state index contributed by atoms with van der Waals surface area (Å²) in [5.74, 6) is -6.57. The van der Waals surface area contributed by atoms with E-state index in [0.717, 1.165) is 24.3 Å². The van der Waals surface area contributed by atoms with Crippen molar-refractivity contribution in [2.75, 3.05) is 0 Å². The lowest BCUT2D eigenvalue weighted by molar-refractivity contribution is -0.323. The number of terminal acetylenes is 2. The van der Waals surface area contributed by atoms with Crippen LogP contribution in [-0.4, -0.2) is 34.3 Å². The Labute approximate surface area is 171 Å². The van der Waals surface area contributed by atoms with Gasteiger partial charge in [-0.2, -0.15) is 22.0 Å². The molecule has 2 aromatic carbocycles. The highest BCUT2D eigenvalue weighted by Crippen LogP contribution is 2.56. The molecule has 0 aliphatic carbocycles. The van der Waals surface area contributed by atoms with E-state index in [2.05, 4.69) is 0 Å². The van der Waals surface area contributed by atoms with Crippen molar-refractivity contribution in [2.24, 2.45) is 0 Å². The molecule has 0 atom stereocenters. The summed E-state index contributed by atoms with van der Waals surface area (Å²) in [5.41, 5.74) is -11.9.